The fourth-order valence-corrected chi connectivity index (χ4v) is 1.76. The van der Waals surface area contributed by atoms with E-state index in [1.165, 1.54) is 0 Å². The minimum Gasteiger partial charge on any atom is -0.390 e. The average molecular weight is 215 g/mol. The predicted octanol–water partition coefficient (Wildman–Crippen LogP) is 2.88. The zero-order chi connectivity index (χ0) is 10.2. The van der Waals surface area contributed by atoms with Gasteiger partial charge in [0.2, 0.25) is 0 Å². The van der Waals surface area contributed by atoms with Crippen LogP contribution in [-0.4, -0.2) is 10.7 Å². The summed E-state index contributed by atoms with van der Waals surface area (Å²) < 4.78 is 12.3. The highest BCUT2D eigenvalue weighted by Gasteiger charge is 2.40. The van der Waals surface area contributed by atoms with Crippen molar-refractivity contribution >= 4 is 11.6 Å². The largest absolute Gasteiger partial charge is 0.390 e. The third kappa shape index (κ3) is 2.07. The topological polar surface area (TPSA) is 20.2 Å². The molecule has 1 saturated carbocycles. The van der Waals surface area contributed by atoms with E-state index in [4.69, 9.17) is 11.6 Å². The molecule has 0 aliphatic heterocycles. The van der Waals surface area contributed by atoms with Gasteiger partial charge in [-0.3, -0.25) is 0 Å². The summed E-state index contributed by atoms with van der Waals surface area (Å²) in [4.78, 5) is 0. The third-order valence-corrected chi connectivity index (χ3v) is 2.97. The number of rotatable bonds is 3. The summed E-state index contributed by atoms with van der Waals surface area (Å²) in [6, 6.07) is 5.14. The van der Waals surface area contributed by atoms with Gasteiger partial charge in [0.1, 0.15) is 6.67 Å². The van der Waals surface area contributed by atoms with Crippen LogP contribution in [0.3, 0.4) is 0 Å². The number of aliphatic hydroxyl groups is 1. The molecule has 0 unspecified atom stereocenters. The number of benzene rings is 1. The standard InChI is InChI=1S/C11H12ClFO/c12-10-5-8(7-13)1-2-9(10)6-11(14)3-4-11/h1-2,5,14H,3-4,6-7H2. The highest BCUT2D eigenvalue weighted by atomic mass is 35.5. The summed E-state index contributed by atoms with van der Waals surface area (Å²) in [6.45, 7) is -0.496. The Kier molecular flexibility index (Phi) is 2.50. The monoisotopic (exact) mass is 214 g/mol. The molecule has 0 amide bonds. The van der Waals surface area contributed by atoms with Gasteiger partial charge < -0.3 is 5.11 Å². The molecule has 0 radical (unpaired) electrons. The summed E-state index contributed by atoms with van der Waals surface area (Å²) in [7, 11) is 0. The van der Waals surface area contributed by atoms with Crippen molar-refractivity contribution in [3.05, 3.63) is 34.3 Å². The lowest BCUT2D eigenvalue weighted by Crippen LogP contribution is -2.11. The molecule has 76 valence electrons. The molecular weight excluding hydrogens is 203 g/mol. The summed E-state index contributed by atoms with van der Waals surface area (Å²) in [5.41, 5.74) is 0.950. The summed E-state index contributed by atoms with van der Waals surface area (Å²) in [5, 5.41) is 10.3. The number of halogens is 2. The predicted molar refractivity (Wildman–Crippen MR) is 54.2 cm³/mol. The molecule has 1 aromatic rings. The second-order valence-corrected chi connectivity index (χ2v) is 4.37. The Morgan fingerprint density at radius 2 is 2.14 bits per heavy atom. The lowest BCUT2D eigenvalue weighted by atomic mass is 10.0. The van der Waals surface area contributed by atoms with Crippen LogP contribution in [0.2, 0.25) is 5.02 Å². The van der Waals surface area contributed by atoms with Crippen molar-refractivity contribution in [1.29, 1.82) is 0 Å². The fourth-order valence-electron chi connectivity index (χ4n) is 1.49. The highest BCUT2D eigenvalue weighted by Crippen LogP contribution is 2.39. The molecule has 1 nitrogen and oxygen atoms in total. The smallest absolute Gasteiger partial charge is 0.115 e. The molecule has 0 aromatic heterocycles. The van der Waals surface area contributed by atoms with E-state index in [9.17, 15) is 9.50 Å². The van der Waals surface area contributed by atoms with Crippen molar-refractivity contribution in [3.8, 4) is 0 Å². The molecule has 1 aliphatic carbocycles. The maximum atomic E-state index is 12.3. The molecule has 0 spiro atoms. The lowest BCUT2D eigenvalue weighted by Gasteiger charge is -2.09. The molecule has 14 heavy (non-hydrogen) atoms. The molecule has 0 heterocycles. The van der Waals surface area contributed by atoms with Gasteiger partial charge in [0.25, 0.3) is 0 Å². The Hall–Kier alpha value is -0.600. The normalized spacial score (nSPS) is 18.2. The Balaban J connectivity index is 2.17. The van der Waals surface area contributed by atoms with Crippen molar-refractivity contribution in [1.82, 2.24) is 0 Å². The van der Waals surface area contributed by atoms with Crippen molar-refractivity contribution in [2.45, 2.75) is 31.5 Å². The zero-order valence-electron chi connectivity index (χ0n) is 7.76. The van der Waals surface area contributed by atoms with E-state index in [2.05, 4.69) is 0 Å². The molecule has 0 bridgehead atoms. The van der Waals surface area contributed by atoms with Gasteiger partial charge in [-0.25, -0.2) is 4.39 Å². The van der Waals surface area contributed by atoms with Crippen LogP contribution in [0.4, 0.5) is 4.39 Å². The zero-order valence-corrected chi connectivity index (χ0v) is 8.52. The van der Waals surface area contributed by atoms with Crippen molar-refractivity contribution in [3.63, 3.8) is 0 Å². The van der Waals surface area contributed by atoms with Gasteiger partial charge >= 0.3 is 0 Å². The molecule has 1 fully saturated rings. The SMILES string of the molecule is OC1(Cc2ccc(CF)cc2Cl)CC1. The van der Waals surface area contributed by atoms with Gasteiger partial charge in [0.05, 0.1) is 5.60 Å². The van der Waals surface area contributed by atoms with E-state index in [1.807, 2.05) is 0 Å². The van der Waals surface area contributed by atoms with Gasteiger partial charge in [-0.05, 0) is 30.0 Å². The van der Waals surface area contributed by atoms with E-state index in [-0.39, 0.29) is 0 Å². The minimum atomic E-state index is -0.541. The first kappa shape index (κ1) is 9.94. The molecule has 1 N–H and O–H groups in total. The molecule has 3 heteroatoms. The van der Waals surface area contributed by atoms with Crippen LogP contribution in [0.25, 0.3) is 0 Å². The van der Waals surface area contributed by atoms with E-state index < -0.39 is 12.3 Å². The number of hydrogen-bond acceptors (Lipinski definition) is 1. The Morgan fingerprint density at radius 1 is 1.43 bits per heavy atom. The van der Waals surface area contributed by atoms with Gasteiger partial charge in [-0.1, -0.05) is 23.7 Å². The van der Waals surface area contributed by atoms with Crippen LogP contribution in [0.1, 0.15) is 24.0 Å². The molecule has 0 saturated heterocycles. The molecular formula is C11H12ClFO. The van der Waals surface area contributed by atoms with E-state index >= 15 is 0 Å². The minimum absolute atomic E-state index is 0.496. The van der Waals surface area contributed by atoms with Gasteiger partial charge in [0, 0.05) is 11.4 Å². The van der Waals surface area contributed by atoms with Crippen molar-refractivity contribution < 1.29 is 9.50 Å². The molecule has 0 atom stereocenters. The summed E-state index contributed by atoms with van der Waals surface area (Å²) >= 11 is 5.96. The van der Waals surface area contributed by atoms with Crippen LogP contribution >= 0.6 is 11.6 Å². The number of alkyl halides is 1. The maximum Gasteiger partial charge on any atom is 0.115 e. The highest BCUT2D eigenvalue weighted by molar-refractivity contribution is 6.31. The summed E-state index contributed by atoms with van der Waals surface area (Å²) in [5.74, 6) is 0. The molecule has 1 aliphatic rings. The average Bonchev–Trinajstić information content (AvgIpc) is 2.88. The maximum absolute atomic E-state index is 12.3. The van der Waals surface area contributed by atoms with Crippen LogP contribution in [0.5, 0.6) is 0 Å². The fraction of sp³-hybridized carbons (Fsp3) is 0.455. The second kappa shape index (κ2) is 3.52. The molecule has 1 aromatic carbocycles. The van der Waals surface area contributed by atoms with Crippen LogP contribution in [0.15, 0.2) is 18.2 Å². The Labute approximate surface area is 87.5 Å². The Bertz CT molecular complexity index is 347. The quantitative estimate of drug-likeness (QED) is 0.821. The van der Waals surface area contributed by atoms with E-state index in [1.54, 1.807) is 18.2 Å². The van der Waals surface area contributed by atoms with Crippen molar-refractivity contribution in [2.24, 2.45) is 0 Å². The van der Waals surface area contributed by atoms with Gasteiger partial charge in [-0.2, -0.15) is 0 Å². The van der Waals surface area contributed by atoms with Gasteiger partial charge in [-0.15, -0.1) is 0 Å². The number of hydrogen-bond donors (Lipinski definition) is 1. The van der Waals surface area contributed by atoms with Crippen LogP contribution in [0, 0.1) is 0 Å². The first-order valence-corrected chi connectivity index (χ1v) is 5.06. The Morgan fingerprint density at radius 3 is 2.64 bits per heavy atom. The van der Waals surface area contributed by atoms with Crippen LogP contribution in [-0.2, 0) is 13.1 Å². The van der Waals surface area contributed by atoms with E-state index in [0.29, 0.717) is 17.0 Å². The first-order chi connectivity index (χ1) is 6.63. The van der Waals surface area contributed by atoms with E-state index in [0.717, 1.165) is 18.4 Å². The summed E-state index contributed by atoms with van der Waals surface area (Å²) in [6.07, 6.45) is 2.26. The van der Waals surface area contributed by atoms with Crippen molar-refractivity contribution in [2.75, 3.05) is 0 Å². The molecule has 2 rings (SSSR count). The second-order valence-electron chi connectivity index (χ2n) is 3.96. The first-order valence-electron chi connectivity index (χ1n) is 4.69. The lowest BCUT2D eigenvalue weighted by molar-refractivity contribution is 0.151. The third-order valence-electron chi connectivity index (χ3n) is 2.62. The van der Waals surface area contributed by atoms with Crippen LogP contribution < -0.4 is 0 Å². The van der Waals surface area contributed by atoms with Gasteiger partial charge in [0.15, 0.2) is 0 Å².